The molecular formula is C12H11FN2O2. The van der Waals surface area contributed by atoms with Crippen molar-refractivity contribution in [2.45, 2.75) is 6.42 Å². The Balaban J connectivity index is 2.25. The molecule has 17 heavy (non-hydrogen) atoms. The molecule has 0 bridgehead atoms. The molecule has 1 heterocycles. The summed E-state index contributed by atoms with van der Waals surface area (Å²) >= 11 is 0. The van der Waals surface area contributed by atoms with E-state index in [2.05, 4.69) is 9.97 Å². The van der Waals surface area contributed by atoms with Crippen LogP contribution in [0, 0.1) is 5.82 Å². The Kier molecular flexibility index (Phi) is 3.18. The molecule has 0 amide bonds. The predicted octanol–water partition coefficient (Wildman–Crippen LogP) is 1.51. The van der Waals surface area contributed by atoms with E-state index in [9.17, 15) is 9.18 Å². The predicted molar refractivity (Wildman–Crippen MR) is 60.6 cm³/mol. The monoisotopic (exact) mass is 234 g/mol. The van der Waals surface area contributed by atoms with Crippen molar-refractivity contribution in [3.8, 4) is 5.75 Å². The summed E-state index contributed by atoms with van der Waals surface area (Å²) in [6.07, 6.45) is 1.48. The Labute approximate surface area is 97.1 Å². The van der Waals surface area contributed by atoms with Crippen LogP contribution >= 0.6 is 0 Å². The van der Waals surface area contributed by atoms with Gasteiger partial charge < -0.3 is 9.72 Å². The molecule has 1 aromatic carbocycles. The lowest BCUT2D eigenvalue weighted by Gasteiger charge is -2.03. The van der Waals surface area contributed by atoms with E-state index in [4.69, 9.17) is 4.74 Å². The highest BCUT2D eigenvalue weighted by molar-refractivity contribution is 5.29. The van der Waals surface area contributed by atoms with Crippen molar-refractivity contribution in [1.29, 1.82) is 0 Å². The van der Waals surface area contributed by atoms with Gasteiger partial charge in [-0.3, -0.25) is 4.79 Å². The van der Waals surface area contributed by atoms with Gasteiger partial charge in [-0.15, -0.1) is 0 Å². The molecule has 0 spiro atoms. The lowest BCUT2D eigenvalue weighted by molar-refractivity contribution is 0.414. The first-order valence-corrected chi connectivity index (χ1v) is 5.05. The van der Waals surface area contributed by atoms with Gasteiger partial charge in [0.15, 0.2) is 0 Å². The van der Waals surface area contributed by atoms with E-state index < -0.39 is 11.4 Å². The van der Waals surface area contributed by atoms with Gasteiger partial charge in [-0.1, -0.05) is 12.1 Å². The van der Waals surface area contributed by atoms with Crippen LogP contribution in [0.4, 0.5) is 4.39 Å². The summed E-state index contributed by atoms with van der Waals surface area (Å²) in [7, 11) is 1.58. The highest BCUT2D eigenvalue weighted by Gasteiger charge is 2.08. The lowest BCUT2D eigenvalue weighted by Crippen LogP contribution is -2.14. The number of H-pyrrole nitrogens is 1. The highest BCUT2D eigenvalue weighted by atomic mass is 19.1. The smallest absolute Gasteiger partial charge is 0.287 e. The van der Waals surface area contributed by atoms with Crippen molar-refractivity contribution >= 4 is 0 Å². The Morgan fingerprint density at radius 1 is 1.35 bits per heavy atom. The molecule has 1 N–H and O–H groups in total. The van der Waals surface area contributed by atoms with Crippen LogP contribution in [-0.2, 0) is 6.42 Å². The number of halogens is 1. The zero-order valence-corrected chi connectivity index (χ0v) is 9.24. The van der Waals surface area contributed by atoms with Crippen molar-refractivity contribution in [3.05, 3.63) is 58.0 Å². The molecule has 0 radical (unpaired) electrons. The maximum Gasteiger partial charge on any atom is 0.287 e. The fraction of sp³-hybridized carbons (Fsp3) is 0.167. The fourth-order valence-corrected chi connectivity index (χ4v) is 1.48. The molecule has 2 rings (SSSR count). The van der Waals surface area contributed by atoms with E-state index in [1.165, 1.54) is 6.33 Å². The Hall–Kier alpha value is -2.17. The average molecular weight is 234 g/mol. The first-order valence-electron chi connectivity index (χ1n) is 5.05. The minimum absolute atomic E-state index is 0.138. The molecule has 88 valence electrons. The van der Waals surface area contributed by atoms with Crippen LogP contribution in [-0.4, -0.2) is 17.1 Å². The second-order valence-electron chi connectivity index (χ2n) is 3.52. The topological polar surface area (TPSA) is 55.0 Å². The quantitative estimate of drug-likeness (QED) is 0.875. The van der Waals surface area contributed by atoms with Crippen molar-refractivity contribution in [2.75, 3.05) is 7.11 Å². The van der Waals surface area contributed by atoms with E-state index in [0.29, 0.717) is 0 Å². The Morgan fingerprint density at radius 2 is 2.06 bits per heavy atom. The van der Waals surface area contributed by atoms with Crippen molar-refractivity contribution in [3.63, 3.8) is 0 Å². The van der Waals surface area contributed by atoms with E-state index in [1.807, 2.05) is 0 Å². The summed E-state index contributed by atoms with van der Waals surface area (Å²) in [6, 6.07) is 7.17. The zero-order valence-electron chi connectivity index (χ0n) is 9.24. The molecule has 0 fully saturated rings. The third-order valence-electron chi connectivity index (χ3n) is 2.40. The molecule has 0 saturated carbocycles. The molecule has 0 atom stereocenters. The summed E-state index contributed by atoms with van der Waals surface area (Å²) in [6.45, 7) is 0. The maximum absolute atomic E-state index is 13.4. The minimum atomic E-state index is -0.830. The average Bonchev–Trinajstić information content (AvgIpc) is 2.36. The number of hydrogen-bond acceptors (Lipinski definition) is 3. The standard InChI is InChI=1S/C12H11FN2O2/c1-17-9-4-2-8(3-5-9)6-10-11(13)12(16)15-7-14-10/h2-5,7H,6H2,1H3,(H,14,15,16). The number of nitrogens with one attached hydrogen (secondary N) is 1. The van der Waals surface area contributed by atoms with Gasteiger partial charge in [-0.25, -0.2) is 4.98 Å². The molecule has 0 aliphatic heterocycles. The van der Waals surface area contributed by atoms with E-state index >= 15 is 0 Å². The molecule has 2 aromatic rings. The van der Waals surface area contributed by atoms with Crippen molar-refractivity contribution in [2.24, 2.45) is 0 Å². The normalized spacial score (nSPS) is 10.2. The van der Waals surface area contributed by atoms with Gasteiger partial charge in [0.1, 0.15) is 5.75 Å². The number of hydrogen-bond donors (Lipinski definition) is 1. The Morgan fingerprint density at radius 3 is 2.71 bits per heavy atom. The first kappa shape index (κ1) is 11.3. The van der Waals surface area contributed by atoms with Crippen LogP contribution in [0.5, 0.6) is 5.75 Å². The zero-order chi connectivity index (χ0) is 12.3. The largest absolute Gasteiger partial charge is 0.497 e. The summed E-state index contributed by atoms with van der Waals surface area (Å²) in [5.74, 6) is -0.101. The van der Waals surface area contributed by atoms with Crippen LogP contribution < -0.4 is 10.3 Å². The first-order chi connectivity index (χ1) is 8.20. The van der Waals surface area contributed by atoms with Gasteiger partial charge in [0.2, 0.25) is 5.82 Å². The van der Waals surface area contributed by atoms with Crippen molar-refractivity contribution in [1.82, 2.24) is 9.97 Å². The fourth-order valence-electron chi connectivity index (χ4n) is 1.48. The van der Waals surface area contributed by atoms with Crippen molar-refractivity contribution < 1.29 is 9.13 Å². The SMILES string of the molecule is COc1ccc(Cc2nc[nH]c(=O)c2F)cc1. The number of aromatic amines is 1. The molecule has 0 unspecified atom stereocenters. The Bertz CT molecular complexity index is 563. The number of methoxy groups -OCH3 is 1. The number of nitrogens with zero attached hydrogens (tertiary/aromatic N) is 1. The summed E-state index contributed by atoms with van der Waals surface area (Å²) in [5, 5.41) is 0. The van der Waals surface area contributed by atoms with Gasteiger partial charge in [-0.05, 0) is 17.7 Å². The summed E-state index contributed by atoms with van der Waals surface area (Å²) in [4.78, 5) is 17.0. The maximum atomic E-state index is 13.4. The second-order valence-corrected chi connectivity index (χ2v) is 3.52. The number of rotatable bonds is 3. The van der Waals surface area contributed by atoms with E-state index in [1.54, 1.807) is 31.4 Å². The third kappa shape index (κ3) is 2.50. The number of ether oxygens (including phenoxy) is 1. The van der Waals surface area contributed by atoms with Gasteiger partial charge >= 0.3 is 0 Å². The van der Waals surface area contributed by atoms with Gasteiger partial charge in [0.05, 0.1) is 19.1 Å². The minimum Gasteiger partial charge on any atom is -0.497 e. The molecular weight excluding hydrogens is 223 g/mol. The molecule has 0 saturated heterocycles. The second kappa shape index (κ2) is 4.78. The number of aromatic nitrogens is 2. The van der Waals surface area contributed by atoms with Crippen LogP contribution in [0.1, 0.15) is 11.3 Å². The molecule has 0 aliphatic carbocycles. The lowest BCUT2D eigenvalue weighted by atomic mass is 10.1. The van der Waals surface area contributed by atoms with Gasteiger partial charge in [-0.2, -0.15) is 4.39 Å². The molecule has 1 aromatic heterocycles. The summed E-state index contributed by atoms with van der Waals surface area (Å²) < 4.78 is 18.4. The molecule has 0 aliphatic rings. The molecule has 4 nitrogen and oxygen atoms in total. The summed E-state index contributed by atoms with van der Waals surface area (Å²) in [5.41, 5.74) is 0.255. The van der Waals surface area contributed by atoms with Crippen LogP contribution in [0.15, 0.2) is 35.4 Å². The van der Waals surface area contributed by atoms with Crippen LogP contribution in [0.3, 0.4) is 0 Å². The van der Waals surface area contributed by atoms with Crippen LogP contribution in [0.25, 0.3) is 0 Å². The van der Waals surface area contributed by atoms with Gasteiger partial charge in [0, 0.05) is 6.42 Å². The third-order valence-corrected chi connectivity index (χ3v) is 2.40. The van der Waals surface area contributed by atoms with E-state index in [0.717, 1.165) is 11.3 Å². The highest BCUT2D eigenvalue weighted by Crippen LogP contribution is 2.14. The van der Waals surface area contributed by atoms with Gasteiger partial charge in [0.25, 0.3) is 5.56 Å². The molecule has 5 heteroatoms. The van der Waals surface area contributed by atoms with E-state index in [-0.39, 0.29) is 12.1 Å². The number of benzene rings is 1. The van der Waals surface area contributed by atoms with Crippen LogP contribution in [0.2, 0.25) is 0 Å².